The van der Waals surface area contributed by atoms with E-state index in [1.807, 2.05) is 23.7 Å². The topological polar surface area (TPSA) is 84.0 Å². The van der Waals surface area contributed by atoms with E-state index in [-0.39, 0.29) is 12.4 Å². The first-order valence-electron chi connectivity index (χ1n) is 10.6. The molecular weight excluding hydrogens is 390 g/mol. The monoisotopic (exact) mass is 415 g/mol. The summed E-state index contributed by atoms with van der Waals surface area (Å²) in [4.78, 5) is 18.8. The molecule has 31 heavy (non-hydrogen) atoms. The minimum Gasteiger partial charge on any atom is -0.391 e. The second-order valence-corrected chi connectivity index (χ2v) is 7.88. The fourth-order valence-corrected chi connectivity index (χ4v) is 4.05. The number of hydrogen-bond donors (Lipinski definition) is 0. The molecule has 0 spiro atoms. The van der Waals surface area contributed by atoms with E-state index in [2.05, 4.69) is 16.2 Å². The lowest BCUT2D eigenvalue weighted by Gasteiger charge is -2.22. The van der Waals surface area contributed by atoms with Crippen LogP contribution in [0.3, 0.4) is 0 Å². The van der Waals surface area contributed by atoms with Crippen LogP contribution >= 0.6 is 0 Å². The minimum absolute atomic E-state index is 0.235. The average Bonchev–Trinajstić information content (AvgIpc) is 3.43. The van der Waals surface area contributed by atoms with Crippen LogP contribution in [0.5, 0.6) is 5.88 Å². The first kappa shape index (κ1) is 20.6. The molecule has 1 fully saturated rings. The second kappa shape index (κ2) is 9.43. The molecular formula is C24H25N5O2. The number of rotatable bonds is 6. The summed E-state index contributed by atoms with van der Waals surface area (Å²) in [6.45, 7) is 3.10. The number of amides is 1. The highest BCUT2D eigenvalue weighted by molar-refractivity contribution is 5.89. The van der Waals surface area contributed by atoms with E-state index in [0.717, 1.165) is 17.8 Å². The number of hydrogen-bond acceptors (Lipinski definition) is 5. The number of anilines is 1. The van der Waals surface area contributed by atoms with Gasteiger partial charge in [0.1, 0.15) is 0 Å². The van der Waals surface area contributed by atoms with E-state index < -0.39 is 6.09 Å². The molecule has 2 heterocycles. The maximum Gasteiger partial charge on any atom is 0.421 e. The van der Waals surface area contributed by atoms with Crippen molar-refractivity contribution in [1.82, 2.24) is 14.8 Å². The van der Waals surface area contributed by atoms with Gasteiger partial charge in [-0.25, -0.2) is 9.78 Å². The molecule has 0 bridgehead atoms. The van der Waals surface area contributed by atoms with Gasteiger partial charge in [0.2, 0.25) is 5.88 Å². The van der Waals surface area contributed by atoms with Crippen LogP contribution in [-0.4, -0.2) is 20.9 Å². The highest BCUT2D eigenvalue weighted by atomic mass is 16.6. The molecule has 7 nitrogen and oxygen atoms in total. The molecule has 1 aliphatic rings. The third kappa shape index (κ3) is 4.92. The number of benzene rings is 1. The van der Waals surface area contributed by atoms with E-state index in [4.69, 9.17) is 4.74 Å². The van der Waals surface area contributed by atoms with Gasteiger partial charge < -0.3 is 4.74 Å². The van der Waals surface area contributed by atoms with Crippen molar-refractivity contribution in [1.29, 1.82) is 5.26 Å². The zero-order valence-electron chi connectivity index (χ0n) is 17.6. The molecule has 1 aromatic carbocycles. The quantitative estimate of drug-likeness (QED) is 0.574. The lowest BCUT2D eigenvalue weighted by molar-refractivity contribution is 0.205. The number of nitriles is 1. The van der Waals surface area contributed by atoms with Crippen LogP contribution in [-0.2, 0) is 13.1 Å². The number of carbonyl (C=O) groups excluding carboxylic acids is 1. The van der Waals surface area contributed by atoms with E-state index in [1.54, 1.807) is 47.6 Å². The summed E-state index contributed by atoms with van der Waals surface area (Å²) in [5.41, 5.74) is 2.99. The van der Waals surface area contributed by atoms with Crippen LogP contribution in [0, 0.1) is 24.2 Å². The fraction of sp³-hybridized carbons (Fsp3) is 0.333. The molecule has 0 N–H and O–H groups in total. The van der Waals surface area contributed by atoms with Gasteiger partial charge in [0.05, 0.1) is 35.8 Å². The third-order valence-corrected chi connectivity index (χ3v) is 5.72. The molecule has 158 valence electrons. The molecule has 0 aliphatic heterocycles. The number of nitrogens with zero attached hydrogens (tertiary/aromatic N) is 5. The van der Waals surface area contributed by atoms with Crippen LogP contribution in [0.25, 0.3) is 0 Å². The molecule has 0 atom stereocenters. The lowest BCUT2D eigenvalue weighted by atomic mass is 10.1. The number of ether oxygens (including phenoxy) is 1. The van der Waals surface area contributed by atoms with Gasteiger partial charge in [0.15, 0.2) is 0 Å². The smallest absolute Gasteiger partial charge is 0.391 e. The van der Waals surface area contributed by atoms with Gasteiger partial charge in [-0.3, -0.25) is 9.58 Å². The summed E-state index contributed by atoms with van der Waals surface area (Å²) in [5.74, 6) is 0.868. The predicted octanol–water partition coefficient (Wildman–Crippen LogP) is 4.85. The van der Waals surface area contributed by atoms with Crippen LogP contribution in [0.15, 0.2) is 54.9 Å². The van der Waals surface area contributed by atoms with Gasteiger partial charge in [0.25, 0.3) is 0 Å². The predicted molar refractivity (Wildman–Crippen MR) is 117 cm³/mol. The summed E-state index contributed by atoms with van der Waals surface area (Å²) in [7, 11) is 0. The zero-order chi connectivity index (χ0) is 21.6. The fourth-order valence-electron chi connectivity index (χ4n) is 4.05. The molecule has 4 rings (SSSR count). The highest BCUT2D eigenvalue weighted by Gasteiger charge is 2.25. The number of aromatic nitrogens is 3. The maximum atomic E-state index is 13.1. The van der Waals surface area contributed by atoms with Crippen molar-refractivity contribution in [2.24, 2.45) is 5.92 Å². The highest BCUT2D eigenvalue weighted by Crippen LogP contribution is 2.29. The van der Waals surface area contributed by atoms with E-state index in [1.165, 1.54) is 25.7 Å². The Hall–Kier alpha value is -3.66. The SMILES string of the molecule is Cc1c(N(Cc2cccc(C#N)c2)C(=O)Oc2ccccn2)cnn1CC1CCCC1. The van der Waals surface area contributed by atoms with Gasteiger partial charge in [-0.15, -0.1) is 0 Å². The summed E-state index contributed by atoms with van der Waals surface area (Å²) in [6.07, 6.45) is 7.75. The lowest BCUT2D eigenvalue weighted by Crippen LogP contribution is -2.33. The summed E-state index contributed by atoms with van der Waals surface area (Å²) in [5, 5.41) is 13.8. The van der Waals surface area contributed by atoms with Crippen LogP contribution in [0.1, 0.15) is 42.5 Å². The Labute approximate surface area is 181 Å². The van der Waals surface area contributed by atoms with E-state index >= 15 is 0 Å². The molecule has 2 aromatic heterocycles. The van der Waals surface area contributed by atoms with Crippen molar-refractivity contribution in [3.63, 3.8) is 0 Å². The van der Waals surface area contributed by atoms with Crippen LogP contribution in [0.2, 0.25) is 0 Å². The standard InChI is InChI=1S/C24H25N5O2/c1-18-22(15-27-29(18)17-19-7-2-3-8-19)28(16-21-10-6-9-20(13-21)14-25)24(30)31-23-11-4-5-12-26-23/h4-6,9-13,15,19H,2-3,7-8,16-17H2,1H3. The van der Waals surface area contributed by atoms with E-state index in [0.29, 0.717) is 17.2 Å². The first-order chi connectivity index (χ1) is 15.1. The molecule has 3 aromatic rings. The molecule has 0 saturated heterocycles. The van der Waals surface area contributed by atoms with Crippen molar-refractivity contribution in [2.45, 2.75) is 45.7 Å². The Balaban J connectivity index is 1.62. The molecule has 0 unspecified atom stereocenters. The Morgan fingerprint density at radius 3 is 2.84 bits per heavy atom. The molecule has 1 saturated carbocycles. The van der Waals surface area contributed by atoms with Gasteiger partial charge >= 0.3 is 6.09 Å². The Kier molecular flexibility index (Phi) is 6.27. The molecule has 0 radical (unpaired) electrons. The maximum absolute atomic E-state index is 13.1. The normalized spacial score (nSPS) is 13.7. The minimum atomic E-state index is -0.537. The molecule has 1 amide bonds. The molecule has 1 aliphatic carbocycles. The summed E-state index contributed by atoms with van der Waals surface area (Å²) < 4.78 is 7.52. The van der Waals surface area contributed by atoms with Crippen molar-refractivity contribution in [3.05, 3.63) is 71.7 Å². The van der Waals surface area contributed by atoms with Crippen molar-refractivity contribution in [3.8, 4) is 11.9 Å². The summed E-state index contributed by atoms with van der Waals surface area (Å²) in [6, 6.07) is 14.5. The first-order valence-corrected chi connectivity index (χ1v) is 10.6. The third-order valence-electron chi connectivity index (χ3n) is 5.72. The average molecular weight is 415 g/mol. The molecule has 7 heteroatoms. The van der Waals surface area contributed by atoms with Crippen molar-refractivity contribution >= 4 is 11.8 Å². The van der Waals surface area contributed by atoms with Crippen LogP contribution in [0.4, 0.5) is 10.5 Å². The van der Waals surface area contributed by atoms with Crippen molar-refractivity contribution in [2.75, 3.05) is 4.90 Å². The Bertz CT molecular complexity index is 1080. The zero-order valence-corrected chi connectivity index (χ0v) is 17.6. The second-order valence-electron chi connectivity index (χ2n) is 7.88. The van der Waals surface area contributed by atoms with Gasteiger partial charge in [-0.05, 0) is 49.4 Å². The Morgan fingerprint density at radius 1 is 1.26 bits per heavy atom. The van der Waals surface area contributed by atoms with Crippen molar-refractivity contribution < 1.29 is 9.53 Å². The van der Waals surface area contributed by atoms with Gasteiger partial charge in [0, 0.05) is 18.8 Å². The number of carbonyl (C=O) groups is 1. The number of pyridine rings is 1. The Morgan fingerprint density at radius 2 is 2.10 bits per heavy atom. The van der Waals surface area contributed by atoms with Gasteiger partial charge in [-0.2, -0.15) is 10.4 Å². The van der Waals surface area contributed by atoms with E-state index in [9.17, 15) is 10.1 Å². The largest absolute Gasteiger partial charge is 0.421 e. The van der Waals surface area contributed by atoms with Gasteiger partial charge in [-0.1, -0.05) is 31.0 Å². The van der Waals surface area contributed by atoms with Crippen LogP contribution < -0.4 is 9.64 Å². The summed E-state index contributed by atoms with van der Waals surface area (Å²) >= 11 is 0.